The molecule has 8 nitrogen and oxygen atoms in total. The zero-order chi connectivity index (χ0) is 20.8. The molecule has 0 saturated carbocycles. The van der Waals surface area contributed by atoms with E-state index >= 15 is 0 Å². The Bertz CT molecular complexity index is 942. The monoisotopic (exact) mass is 398 g/mol. The molecule has 0 bridgehead atoms. The highest BCUT2D eigenvalue weighted by Gasteiger charge is 2.26. The van der Waals surface area contributed by atoms with Gasteiger partial charge in [-0.3, -0.25) is 14.4 Å². The van der Waals surface area contributed by atoms with Crippen LogP contribution in [0.4, 0.5) is 15.8 Å². The van der Waals surface area contributed by atoms with Crippen LogP contribution in [-0.4, -0.2) is 42.1 Å². The van der Waals surface area contributed by atoms with Crippen molar-refractivity contribution < 1.29 is 23.5 Å². The molecule has 0 radical (unpaired) electrons. The minimum atomic E-state index is -0.510. The molecule has 0 aliphatic carbocycles. The molecule has 1 aliphatic heterocycles. The highest BCUT2D eigenvalue weighted by Crippen LogP contribution is 2.16. The molecule has 0 unspecified atom stereocenters. The van der Waals surface area contributed by atoms with Crippen LogP contribution in [-0.2, 0) is 14.4 Å². The number of benzene rings is 2. The summed E-state index contributed by atoms with van der Waals surface area (Å²) >= 11 is 0. The van der Waals surface area contributed by atoms with Gasteiger partial charge in [0.2, 0.25) is 11.8 Å². The Labute approximate surface area is 166 Å². The van der Waals surface area contributed by atoms with Gasteiger partial charge in [-0.1, -0.05) is 0 Å². The van der Waals surface area contributed by atoms with Gasteiger partial charge in [-0.15, -0.1) is 0 Å². The van der Waals surface area contributed by atoms with Crippen molar-refractivity contribution >= 4 is 34.8 Å². The van der Waals surface area contributed by atoms with E-state index in [2.05, 4.69) is 15.7 Å². The fraction of sp³-hybridized carbons (Fsp3) is 0.200. The van der Waals surface area contributed by atoms with Crippen molar-refractivity contribution in [3.63, 3.8) is 0 Å². The van der Waals surface area contributed by atoms with Crippen molar-refractivity contribution in [3.05, 3.63) is 54.3 Å². The second-order valence-electron chi connectivity index (χ2n) is 6.24. The number of halogens is 1. The molecular formula is C20H19FN4O4. The zero-order valence-corrected chi connectivity index (χ0v) is 15.6. The summed E-state index contributed by atoms with van der Waals surface area (Å²) in [6, 6.07) is 12.0. The molecule has 0 atom stereocenters. The second kappa shape index (κ2) is 8.96. The molecule has 3 amide bonds. The molecule has 150 valence electrons. The fourth-order valence-electron chi connectivity index (χ4n) is 2.64. The van der Waals surface area contributed by atoms with Crippen molar-refractivity contribution in [1.29, 1.82) is 0 Å². The van der Waals surface area contributed by atoms with Gasteiger partial charge in [0.05, 0.1) is 7.11 Å². The average Bonchev–Trinajstić information content (AvgIpc) is 2.72. The van der Waals surface area contributed by atoms with E-state index < -0.39 is 17.6 Å². The first-order chi connectivity index (χ1) is 13.9. The minimum Gasteiger partial charge on any atom is -0.497 e. The summed E-state index contributed by atoms with van der Waals surface area (Å²) in [5, 5.41) is 10.2. The van der Waals surface area contributed by atoms with Crippen LogP contribution in [0, 0.1) is 5.82 Å². The number of methoxy groups -OCH3 is 1. The van der Waals surface area contributed by atoms with E-state index in [0.717, 1.165) is 5.01 Å². The molecule has 0 spiro atoms. The topological polar surface area (TPSA) is 100 Å². The second-order valence-corrected chi connectivity index (χ2v) is 6.24. The van der Waals surface area contributed by atoms with Crippen molar-refractivity contribution in [1.82, 2.24) is 5.01 Å². The summed E-state index contributed by atoms with van der Waals surface area (Å²) in [5.41, 5.74) is 1.06. The third-order valence-corrected chi connectivity index (χ3v) is 4.14. The highest BCUT2D eigenvalue weighted by molar-refractivity contribution is 6.43. The summed E-state index contributed by atoms with van der Waals surface area (Å²) in [6.07, 6.45) is 0.216. The van der Waals surface area contributed by atoms with Gasteiger partial charge in [0.15, 0.2) is 0 Å². The summed E-state index contributed by atoms with van der Waals surface area (Å²) in [6.45, 7) is -0.321. The van der Waals surface area contributed by atoms with E-state index in [1.165, 1.54) is 31.4 Å². The lowest BCUT2D eigenvalue weighted by atomic mass is 10.1. The number of anilines is 2. The molecule has 2 aromatic rings. The maximum absolute atomic E-state index is 13.0. The van der Waals surface area contributed by atoms with E-state index in [0.29, 0.717) is 17.1 Å². The third kappa shape index (κ3) is 5.38. The largest absolute Gasteiger partial charge is 0.497 e. The Morgan fingerprint density at radius 2 is 1.66 bits per heavy atom. The molecule has 0 fully saturated rings. The number of amides is 3. The number of hydrogen-bond donors (Lipinski definition) is 2. The number of rotatable bonds is 6. The normalized spacial score (nSPS) is 13.5. The van der Waals surface area contributed by atoms with Gasteiger partial charge in [-0.05, 0) is 48.5 Å². The van der Waals surface area contributed by atoms with Crippen LogP contribution < -0.4 is 15.4 Å². The Hall–Kier alpha value is -3.75. The lowest BCUT2D eigenvalue weighted by Crippen LogP contribution is -2.40. The van der Waals surface area contributed by atoms with E-state index in [9.17, 15) is 18.8 Å². The Morgan fingerprint density at radius 3 is 2.31 bits per heavy atom. The minimum absolute atomic E-state index is 0.0610. The molecule has 0 aromatic heterocycles. The number of hydrazone groups is 1. The number of nitrogens with one attached hydrogen (secondary N) is 2. The van der Waals surface area contributed by atoms with E-state index in [1.807, 2.05) is 0 Å². The first kappa shape index (κ1) is 20.0. The predicted octanol–water partition coefficient (Wildman–Crippen LogP) is 2.39. The number of ether oxygens (including phenoxy) is 1. The summed E-state index contributed by atoms with van der Waals surface area (Å²) in [4.78, 5) is 36.7. The lowest BCUT2D eigenvalue weighted by Gasteiger charge is -2.22. The van der Waals surface area contributed by atoms with Crippen LogP contribution >= 0.6 is 0 Å². The zero-order valence-electron chi connectivity index (χ0n) is 15.6. The van der Waals surface area contributed by atoms with Crippen LogP contribution in [0.25, 0.3) is 0 Å². The number of nitrogens with zero attached hydrogens (tertiary/aromatic N) is 2. The highest BCUT2D eigenvalue weighted by atomic mass is 19.1. The molecule has 0 saturated heterocycles. The van der Waals surface area contributed by atoms with E-state index in [-0.39, 0.29) is 31.0 Å². The molecule has 29 heavy (non-hydrogen) atoms. The average molecular weight is 398 g/mol. The van der Waals surface area contributed by atoms with Crippen LogP contribution in [0.15, 0.2) is 53.6 Å². The maximum atomic E-state index is 13.0. The van der Waals surface area contributed by atoms with Gasteiger partial charge in [0, 0.05) is 24.2 Å². The molecular weight excluding hydrogens is 379 g/mol. The van der Waals surface area contributed by atoms with Gasteiger partial charge >= 0.3 is 0 Å². The summed E-state index contributed by atoms with van der Waals surface area (Å²) < 4.78 is 18.0. The van der Waals surface area contributed by atoms with Crippen molar-refractivity contribution in [2.45, 2.75) is 12.8 Å². The van der Waals surface area contributed by atoms with Gasteiger partial charge in [-0.25, -0.2) is 9.40 Å². The maximum Gasteiger partial charge on any atom is 0.271 e. The first-order valence-electron chi connectivity index (χ1n) is 8.83. The Kier molecular flexibility index (Phi) is 6.18. The smallest absolute Gasteiger partial charge is 0.271 e. The van der Waals surface area contributed by atoms with Crippen LogP contribution in [0.1, 0.15) is 12.8 Å². The van der Waals surface area contributed by atoms with Gasteiger partial charge in [0.25, 0.3) is 5.91 Å². The molecule has 2 aromatic carbocycles. The number of carbonyl (C=O) groups is 3. The molecule has 2 N–H and O–H groups in total. The van der Waals surface area contributed by atoms with Crippen LogP contribution in [0.5, 0.6) is 5.75 Å². The Morgan fingerprint density at radius 1 is 1.03 bits per heavy atom. The van der Waals surface area contributed by atoms with Gasteiger partial charge in [-0.2, -0.15) is 5.10 Å². The van der Waals surface area contributed by atoms with Gasteiger partial charge < -0.3 is 15.4 Å². The number of hydrogen-bond acceptors (Lipinski definition) is 5. The summed E-state index contributed by atoms with van der Waals surface area (Å²) in [7, 11) is 1.54. The summed E-state index contributed by atoms with van der Waals surface area (Å²) in [5.74, 6) is -1.08. The fourth-order valence-corrected chi connectivity index (χ4v) is 2.64. The first-order valence-corrected chi connectivity index (χ1v) is 8.83. The molecule has 1 heterocycles. The predicted molar refractivity (Wildman–Crippen MR) is 105 cm³/mol. The quantitative estimate of drug-likeness (QED) is 0.780. The van der Waals surface area contributed by atoms with Crippen LogP contribution in [0.2, 0.25) is 0 Å². The molecule has 9 heteroatoms. The standard InChI is InChI=1S/C20H19FN4O4/c1-29-16-8-6-14(7-9-16)22-18(26)12-25-19(27)11-10-17(24-25)20(28)23-15-4-2-13(21)3-5-15/h2-9H,10-12H2,1H3,(H,22,26)(H,23,28). The lowest BCUT2D eigenvalue weighted by molar-refractivity contribution is -0.135. The van der Waals surface area contributed by atoms with E-state index in [4.69, 9.17) is 4.74 Å². The van der Waals surface area contributed by atoms with E-state index in [1.54, 1.807) is 24.3 Å². The van der Waals surface area contributed by atoms with Crippen LogP contribution in [0.3, 0.4) is 0 Å². The molecule has 1 aliphatic rings. The molecule has 3 rings (SSSR count). The van der Waals surface area contributed by atoms with Gasteiger partial charge in [0.1, 0.15) is 23.8 Å². The SMILES string of the molecule is COc1ccc(NC(=O)CN2N=C(C(=O)Nc3ccc(F)cc3)CCC2=O)cc1. The van der Waals surface area contributed by atoms with Crippen molar-refractivity contribution in [2.75, 3.05) is 24.3 Å². The number of carbonyl (C=O) groups excluding carboxylic acids is 3. The third-order valence-electron chi connectivity index (χ3n) is 4.14. The van der Waals surface area contributed by atoms with Crippen molar-refractivity contribution in [3.8, 4) is 5.75 Å². The van der Waals surface area contributed by atoms with Crippen molar-refractivity contribution in [2.24, 2.45) is 5.10 Å². The Balaban J connectivity index is 1.62.